The van der Waals surface area contributed by atoms with Crippen LogP contribution in [0.4, 0.5) is 17.6 Å². The van der Waals surface area contributed by atoms with Crippen LogP contribution >= 0.6 is 0 Å². The number of fused-ring (bicyclic) bond motifs is 4. The monoisotopic (exact) mass is 699 g/mol. The van der Waals surface area contributed by atoms with Crippen LogP contribution in [0, 0.1) is 26.6 Å². The highest BCUT2D eigenvalue weighted by Crippen LogP contribution is 2.38. The average molecular weight is 700 g/mol. The van der Waals surface area contributed by atoms with Gasteiger partial charge in [0, 0.05) is 29.9 Å². The summed E-state index contributed by atoms with van der Waals surface area (Å²) in [5, 5.41) is 12.6. The number of carbonyl (C=O) groups is 2. The molecule has 2 bridgehead atoms. The van der Waals surface area contributed by atoms with Crippen LogP contribution < -0.4 is 15.6 Å². The first-order valence-corrected chi connectivity index (χ1v) is 17.3. The minimum absolute atomic E-state index is 0.0306. The number of aliphatic carboxylic acids is 1. The fourth-order valence-corrected chi connectivity index (χ4v) is 7.24. The molecule has 1 fully saturated rings. The molecule has 2 atom stereocenters. The van der Waals surface area contributed by atoms with Crippen molar-refractivity contribution in [1.29, 1.82) is 0 Å². The van der Waals surface area contributed by atoms with Crippen molar-refractivity contribution in [2.24, 2.45) is 0 Å². The van der Waals surface area contributed by atoms with Crippen molar-refractivity contribution in [1.82, 2.24) is 14.8 Å². The summed E-state index contributed by atoms with van der Waals surface area (Å²) in [7, 11) is 0. The molecule has 1 aromatic heterocycles. The molecular weight excluding hydrogens is 654 g/mol. The summed E-state index contributed by atoms with van der Waals surface area (Å²) in [6.07, 6.45) is 0.289. The lowest BCUT2D eigenvalue weighted by molar-refractivity contribution is -0.139. The van der Waals surface area contributed by atoms with Gasteiger partial charge in [-0.2, -0.15) is 13.2 Å². The van der Waals surface area contributed by atoms with Gasteiger partial charge < -0.3 is 24.6 Å². The Bertz CT molecular complexity index is 1780. The number of nitrogens with zero attached hydrogens (tertiary/aromatic N) is 2. The van der Waals surface area contributed by atoms with Gasteiger partial charge in [0.05, 0.1) is 24.6 Å². The number of nitrogens with one attached hydrogen (secondary N) is 1. The summed E-state index contributed by atoms with van der Waals surface area (Å²) in [4.78, 5) is 41.7. The van der Waals surface area contributed by atoms with E-state index in [-0.39, 0.29) is 29.5 Å². The molecule has 0 radical (unpaired) electrons. The van der Waals surface area contributed by atoms with E-state index in [1.807, 2.05) is 26.0 Å². The normalized spacial score (nSPS) is 19.5. The first-order chi connectivity index (χ1) is 23.7. The van der Waals surface area contributed by atoms with Gasteiger partial charge in [0.25, 0.3) is 5.56 Å². The zero-order valence-corrected chi connectivity index (χ0v) is 28.8. The SMILES string of the molecule is Cc1cc(C)c2c(c1)OCCCCCC[C@H](n1cc(CCN3CCCC3)c(C(F)(F)F)cc1=O)C(=O)N[C@@H](CC(=O)O)c1cc-2cc(C)c1F. The Labute approximate surface area is 289 Å². The van der Waals surface area contributed by atoms with Crippen LogP contribution in [0.1, 0.15) is 96.8 Å². The Morgan fingerprint density at radius 1 is 0.960 bits per heavy atom. The highest BCUT2D eigenvalue weighted by atomic mass is 19.4. The van der Waals surface area contributed by atoms with Gasteiger partial charge in [-0.15, -0.1) is 0 Å². The number of carboxylic acid groups (broad SMARTS) is 1. The lowest BCUT2D eigenvalue weighted by atomic mass is 9.91. The Morgan fingerprint density at radius 3 is 2.38 bits per heavy atom. The van der Waals surface area contributed by atoms with E-state index in [0.29, 0.717) is 49.8 Å². The average Bonchev–Trinajstić information content (AvgIpc) is 3.55. The summed E-state index contributed by atoms with van der Waals surface area (Å²) in [6.45, 7) is 7.75. The quantitative estimate of drug-likeness (QED) is 0.259. The fraction of sp³-hybridized carbons (Fsp3) is 0.500. The number of benzene rings is 2. The number of aromatic nitrogens is 1. The zero-order valence-electron chi connectivity index (χ0n) is 28.8. The van der Waals surface area contributed by atoms with Gasteiger partial charge in [0.15, 0.2) is 0 Å². The Balaban J connectivity index is 1.59. The van der Waals surface area contributed by atoms with Crippen molar-refractivity contribution in [2.45, 2.75) is 96.8 Å². The Hall–Kier alpha value is -4.19. The number of carbonyl (C=O) groups excluding carboxylic acids is 1. The largest absolute Gasteiger partial charge is 0.493 e. The molecular formula is C38H45F4N3O5. The summed E-state index contributed by atoms with van der Waals surface area (Å²) in [6, 6.07) is 5.00. The molecule has 0 aliphatic carbocycles. The van der Waals surface area contributed by atoms with E-state index in [4.69, 9.17) is 4.74 Å². The predicted molar refractivity (Wildman–Crippen MR) is 182 cm³/mol. The van der Waals surface area contributed by atoms with Gasteiger partial charge in [-0.1, -0.05) is 25.3 Å². The predicted octanol–water partition coefficient (Wildman–Crippen LogP) is 7.45. The van der Waals surface area contributed by atoms with Gasteiger partial charge in [0.2, 0.25) is 5.91 Å². The Morgan fingerprint density at radius 2 is 1.68 bits per heavy atom. The molecule has 270 valence electrons. The van der Waals surface area contributed by atoms with Crippen molar-refractivity contribution < 1.29 is 37.0 Å². The molecule has 12 heteroatoms. The van der Waals surface area contributed by atoms with E-state index in [1.165, 1.54) is 6.07 Å². The highest BCUT2D eigenvalue weighted by Gasteiger charge is 2.36. The first-order valence-electron chi connectivity index (χ1n) is 17.3. The molecule has 1 saturated heterocycles. The van der Waals surface area contributed by atoms with Crippen LogP contribution in [0.2, 0.25) is 0 Å². The third-order valence-electron chi connectivity index (χ3n) is 9.72. The molecule has 0 spiro atoms. The number of pyridine rings is 1. The van der Waals surface area contributed by atoms with Crippen LogP contribution in [-0.4, -0.2) is 52.7 Å². The van der Waals surface area contributed by atoms with Gasteiger partial charge in [-0.05, 0) is 112 Å². The van der Waals surface area contributed by atoms with E-state index in [0.717, 1.165) is 59.8 Å². The smallest absolute Gasteiger partial charge is 0.416 e. The minimum atomic E-state index is -4.77. The molecule has 1 amide bonds. The maximum Gasteiger partial charge on any atom is 0.416 e. The van der Waals surface area contributed by atoms with E-state index in [9.17, 15) is 32.7 Å². The third kappa shape index (κ3) is 8.75. The second-order valence-corrected chi connectivity index (χ2v) is 13.6. The van der Waals surface area contributed by atoms with Gasteiger partial charge in [0.1, 0.15) is 17.6 Å². The molecule has 2 aromatic carbocycles. The van der Waals surface area contributed by atoms with Crippen LogP contribution in [-0.2, 0) is 22.2 Å². The fourth-order valence-electron chi connectivity index (χ4n) is 7.24. The van der Waals surface area contributed by atoms with Crippen molar-refractivity contribution in [3.63, 3.8) is 0 Å². The molecule has 3 heterocycles. The van der Waals surface area contributed by atoms with E-state index in [1.54, 1.807) is 13.0 Å². The minimum Gasteiger partial charge on any atom is -0.493 e. The number of amides is 1. The molecule has 3 aromatic rings. The standard InChI is InChI=1S/C38H45F4N3O5/c1-23-16-24(2)35-27-18-25(3)36(39)28(19-27)30(21-34(47)48)43-37(49)31(10-6-4-5-9-15-50-32(35)17-23)45-22-26(11-14-44-12-7-8-13-44)29(20-33(45)46)38(40,41)42/h16-20,22,30-31H,4-15,21H2,1-3H3,(H,43,49)(H,47,48)/t30-,31-/m0/s1. The van der Waals surface area contributed by atoms with Crippen molar-refractivity contribution in [2.75, 3.05) is 26.2 Å². The summed E-state index contributed by atoms with van der Waals surface area (Å²) < 4.78 is 65.7. The number of ether oxygens (including phenoxy) is 1. The molecule has 8 nitrogen and oxygen atoms in total. The van der Waals surface area contributed by atoms with Gasteiger partial charge in [-0.3, -0.25) is 14.4 Å². The van der Waals surface area contributed by atoms with Crippen LogP contribution in [0.15, 0.2) is 41.3 Å². The van der Waals surface area contributed by atoms with Crippen molar-refractivity contribution in [3.8, 4) is 16.9 Å². The topological polar surface area (TPSA) is 101 Å². The van der Waals surface area contributed by atoms with Crippen LogP contribution in [0.25, 0.3) is 11.1 Å². The number of rotatable bonds is 6. The molecule has 2 aliphatic rings. The van der Waals surface area contributed by atoms with E-state index < -0.39 is 53.5 Å². The second kappa shape index (κ2) is 15.8. The van der Waals surface area contributed by atoms with E-state index in [2.05, 4.69) is 10.2 Å². The lowest BCUT2D eigenvalue weighted by Crippen LogP contribution is -2.40. The Kier molecular flexibility index (Phi) is 11.7. The lowest BCUT2D eigenvalue weighted by Gasteiger charge is -2.26. The summed E-state index contributed by atoms with van der Waals surface area (Å²) >= 11 is 0. The highest BCUT2D eigenvalue weighted by molar-refractivity contribution is 5.82. The molecule has 50 heavy (non-hydrogen) atoms. The maximum atomic E-state index is 15.9. The maximum absolute atomic E-state index is 15.9. The summed E-state index contributed by atoms with van der Waals surface area (Å²) in [5.74, 6) is -2.14. The third-order valence-corrected chi connectivity index (χ3v) is 9.72. The van der Waals surface area contributed by atoms with E-state index >= 15 is 4.39 Å². The number of alkyl halides is 3. The molecule has 2 aliphatic heterocycles. The first kappa shape index (κ1) is 37.1. The van der Waals surface area contributed by atoms with Gasteiger partial charge in [-0.25, -0.2) is 4.39 Å². The molecule has 2 N–H and O–H groups in total. The zero-order chi connectivity index (χ0) is 36.2. The summed E-state index contributed by atoms with van der Waals surface area (Å²) in [5.41, 5.74) is 1.22. The number of halogens is 4. The number of aryl methyl sites for hydroxylation is 3. The number of hydrogen-bond acceptors (Lipinski definition) is 5. The molecule has 0 saturated carbocycles. The number of hydrogen-bond donors (Lipinski definition) is 2. The second-order valence-electron chi connectivity index (χ2n) is 13.6. The van der Waals surface area contributed by atoms with Crippen molar-refractivity contribution in [3.05, 3.63) is 86.1 Å². The van der Waals surface area contributed by atoms with Crippen LogP contribution in [0.5, 0.6) is 5.75 Å². The van der Waals surface area contributed by atoms with Gasteiger partial charge >= 0.3 is 12.1 Å². The van der Waals surface area contributed by atoms with Crippen molar-refractivity contribution >= 4 is 11.9 Å². The number of likely N-dealkylation sites (tertiary alicyclic amines) is 1. The molecule has 5 rings (SSSR count). The molecule has 0 unspecified atom stereocenters. The van der Waals surface area contributed by atoms with Crippen LogP contribution in [0.3, 0.4) is 0 Å². The number of carboxylic acids is 1.